The molecule has 3 N–H and O–H groups in total. The first kappa shape index (κ1) is 10.1. The van der Waals surface area contributed by atoms with Crippen molar-refractivity contribution in [2.45, 2.75) is 24.9 Å². The van der Waals surface area contributed by atoms with Crippen molar-refractivity contribution in [3.63, 3.8) is 0 Å². The summed E-state index contributed by atoms with van der Waals surface area (Å²) in [7, 11) is 0. The highest BCUT2D eigenvalue weighted by Gasteiger charge is 2.35. The number of benzene rings is 1. The molecule has 86 valence electrons. The quantitative estimate of drug-likeness (QED) is 0.738. The van der Waals surface area contributed by atoms with Crippen LogP contribution < -0.4 is 11.1 Å². The van der Waals surface area contributed by atoms with Crippen molar-refractivity contribution in [3.05, 3.63) is 29.8 Å². The lowest BCUT2D eigenvalue weighted by Crippen LogP contribution is -2.66. The first-order valence-electron chi connectivity index (χ1n) is 6.12. The molecule has 3 saturated heterocycles. The summed E-state index contributed by atoms with van der Waals surface area (Å²) in [5, 5.41) is 3.55. The molecule has 3 aliphatic heterocycles. The molecular weight excluding hydrogens is 198 g/mol. The van der Waals surface area contributed by atoms with Crippen LogP contribution in [-0.4, -0.2) is 36.6 Å². The van der Waals surface area contributed by atoms with Crippen molar-refractivity contribution < 1.29 is 0 Å². The number of nitrogens with one attached hydrogen (secondary N) is 1. The van der Waals surface area contributed by atoms with Crippen molar-refractivity contribution in [3.8, 4) is 0 Å². The molecule has 3 heteroatoms. The lowest BCUT2D eigenvalue weighted by atomic mass is 9.91. The van der Waals surface area contributed by atoms with E-state index in [1.54, 1.807) is 0 Å². The first-order valence-corrected chi connectivity index (χ1v) is 6.12. The lowest BCUT2D eigenvalue weighted by molar-refractivity contribution is 0.0789. The fraction of sp³-hybridized carbons (Fsp3) is 0.538. The van der Waals surface area contributed by atoms with Crippen molar-refractivity contribution in [1.82, 2.24) is 10.2 Å². The van der Waals surface area contributed by atoms with Crippen LogP contribution in [0.1, 0.15) is 12.0 Å². The monoisotopic (exact) mass is 217 g/mol. The number of nitrogens with zero attached hydrogens (tertiary/aromatic N) is 1. The predicted octanol–water partition coefficient (Wildman–Crippen LogP) is 0.857. The number of hydrogen-bond acceptors (Lipinski definition) is 3. The smallest absolute Gasteiger partial charge is 0.0316 e. The topological polar surface area (TPSA) is 41.3 Å². The fourth-order valence-corrected chi connectivity index (χ4v) is 2.82. The maximum absolute atomic E-state index is 5.77. The standard InChI is InChI=1S/C13H19N3/c14-11-3-1-2-10(6-11)4-5-16-8-12-7-13(9-16)15-12/h1-3,6,12-13,15H,4-5,7-9,14H2. The van der Waals surface area contributed by atoms with Crippen LogP contribution in [0.3, 0.4) is 0 Å². The number of rotatable bonds is 3. The van der Waals surface area contributed by atoms with Gasteiger partial charge in [0.2, 0.25) is 0 Å². The van der Waals surface area contributed by atoms with Crippen LogP contribution in [0, 0.1) is 0 Å². The van der Waals surface area contributed by atoms with Crippen LogP contribution in [0.2, 0.25) is 0 Å². The third kappa shape index (κ3) is 2.06. The second-order valence-electron chi connectivity index (χ2n) is 5.05. The maximum Gasteiger partial charge on any atom is 0.0316 e. The van der Waals surface area contributed by atoms with Crippen LogP contribution in [0.25, 0.3) is 0 Å². The van der Waals surface area contributed by atoms with Gasteiger partial charge in [-0.25, -0.2) is 0 Å². The van der Waals surface area contributed by atoms with Gasteiger partial charge in [-0.05, 0) is 30.5 Å². The third-order valence-electron chi connectivity index (χ3n) is 3.67. The van der Waals surface area contributed by atoms with Gasteiger partial charge in [-0.3, -0.25) is 4.90 Å². The van der Waals surface area contributed by atoms with Crippen LogP contribution in [-0.2, 0) is 6.42 Å². The minimum absolute atomic E-state index is 0.764. The van der Waals surface area contributed by atoms with E-state index in [0.717, 1.165) is 30.7 Å². The molecule has 0 aromatic heterocycles. The Morgan fingerprint density at radius 3 is 2.75 bits per heavy atom. The number of hydrogen-bond donors (Lipinski definition) is 2. The normalized spacial score (nSPS) is 28.8. The van der Waals surface area contributed by atoms with Gasteiger partial charge in [0.15, 0.2) is 0 Å². The highest BCUT2D eigenvalue weighted by atomic mass is 15.3. The summed E-state index contributed by atoms with van der Waals surface area (Å²) < 4.78 is 0. The summed E-state index contributed by atoms with van der Waals surface area (Å²) in [6.45, 7) is 3.61. The molecule has 3 heterocycles. The average Bonchev–Trinajstić information content (AvgIpc) is 2.26. The van der Waals surface area contributed by atoms with Gasteiger partial charge in [-0.2, -0.15) is 0 Å². The highest BCUT2D eigenvalue weighted by molar-refractivity contribution is 5.40. The Bertz CT molecular complexity index is 361. The highest BCUT2D eigenvalue weighted by Crippen LogP contribution is 2.20. The Morgan fingerprint density at radius 1 is 1.31 bits per heavy atom. The molecular formula is C13H19N3. The Hall–Kier alpha value is -1.06. The number of nitrogens with two attached hydrogens (primary N) is 1. The zero-order valence-corrected chi connectivity index (χ0v) is 9.52. The Kier molecular flexibility index (Phi) is 2.58. The molecule has 0 radical (unpaired) electrons. The molecule has 4 rings (SSSR count). The van der Waals surface area contributed by atoms with Crippen molar-refractivity contribution in [2.24, 2.45) is 0 Å². The zero-order valence-electron chi connectivity index (χ0n) is 9.52. The third-order valence-corrected chi connectivity index (χ3v) is 3.67. The van der Waals surface area contributed by atoms with Gasteiger partial charge in [0.05, 0.1) is 0 Å². The van der Waals surface area contributed by atoms with E-state index in [1.807, 2.05) is 12.1 Å². The van der Waals surface area contributed by atoms with Gasteiger partial charge in [-0.1, -0.05) is 12.1 Å². The zero-order chi connectivity index (χ0) is 11.0. The van der Waals surface area contributed by atoms with Crippen molar-refractivity contribution in [1.29, 1.82) is 0 Å². The summed E-state index contributed by atoms with van der Waals surface area (Å²) >= 11 is 0. The molecule has 0 spiro atoms. The van der Waals surface area contributed by atoms with Gasteiger partial charge >= 0.3 is 0 Å². The second kappa shape index (κ2) is 4.07. The van der Waals surface area contributed by atoms with E-state index in [2.05, 4.69) is 22.3 Å². The van der Waals surface area contributed by atoms with E-state index in [-0.39, 0.29) is 0 Å². The van der Waals surface area contributed by atoms with E-state index in [9.17, 15) is 0 Å². The van der Waals surface area contributed by atoms with Crippen LogP contribution >= 0.6 is 0 Å². The van der Waals surface area contributed by atoms with Gasteiger partial charge in [-0.15, -0.1) is 0 Å². The van der Waals surface area contributed by atoms with E-state index in [4.69, 9.17) is 5.73 Å². The summed E-state index contributed by atoms with van der Waals surface area (Å²) in [5.41, 5.74) is 8.00. The summed E-state index contributed by atoms with van der Waals surface area (Å²) in [5.74, 6) is 0. The molecule has 1 aromatic carbocycles. The SMILES string of the molecule is Nc1cccc(CCN2CC3CC(C2)N3)c1. The average molecular weight is 217 g/mol. The molecule has 3 fully saturated rings. The minimum Gasteiger partial charge on any atom is -0.399 e. The number of fused-ring (bicyclic) bond motifs is 2. The number of nitrogen functional groups attached to an aromatic ring is 1. The summed E-state index contributed by atoms with van der Waals surface area (Å²) in [6.07, 6.45) is 2.50. The Balaban J connectivity index is 1.52. The Labute approximate surface area is 96.6 Å². The summed E-state index contributed by atoms with van der Waals surface area (Å²) in [6, 6.07) is 9.77. The molecule has 0 aliphatic carbocycles. The Morgan fingerprint density at radius 2 is 2.06 bits per heavy atom. The molecule has 2 atom stereocenters. The molecule has 2 unspecified atom stereocenters. The number of piperidine rings is 1. The summed E-state index contributed by atoms with van der Waals surface area (Å²) in [4.78, 5) is 2.57. The predicted molar refractivity (Wildman–Crippen MR) is 66.3 cm³/mol. The fourth-order valence-electron chi connectivity index (χ4n) is 2.82. The molecule has 3 nitrogen and oxygen atoms in total. The van der Waals surface area contributed by atoms with E-state index in [0.29, 0.717) is 0 Å². The number of piperazine rings is 1. The van der Waals surface area contributed by atoms with Gasteiger partial charge < -0.3 is 11.1 Å². The van der Waals surface area contributed by atoms with Gasteiger partial charge in [0, 0.05) is 37.4 Å². The molecule has 16 heavy (non-hydrogen) atoms. The molecule has 2 bridgehead atoms. The van der Waals surface area contributed by atoms with Gasteiger partial charge in [0.25, 0.3) is 0 Å². The minimum atomic E-state index is 0.764. The second-order valence-corrected chi connectivity index (χ2v) is 5.05. The maximum atomic E-state index is 5.77. The molecule has 3 aliphatic rings. The van der Waals surface area contributed by atoms with E-state index >= 15 is 0 Å². The van der Waals surface area contributed by atoms with Crippen molar-refractivity contribution >= 4 is 5.69 Å². The largest absolute Gasteiger partial charge is 0.399 e. The number of anilines is 1. The van der Waals surface area contributed by atoms with Crippen LogP contribution in [0.4, 0.5) is 5.69 Å². The molecule has 1 aromatic rings. The molecule has 0 saturated carbocycles. The lowest BCUT2D eigenvalue weighted by Gasteiger charge is -2.48. The van der Waals surface area contributed by atoms with E-state index < -0.39 is 0 Å². The van der Waals surface area contributed by atoms with Crippen molar-refractivity contribution in [2.75, 3.05) is 25.4 Å². The molecule has 0 amide bonds. The van der Waals surface area contributed by atoms with Gasteiger partial charge in [0.1, 0.15) is 0 Å². The first-order chi connectivity index (χ1) is 7.79. The van der Waals surface area contributed by atoms with Crippen LogP contribution in [0.15, 0.2) is 24.3 Å². The van der Waals surface area contributed by atoms with E-state index in [1.165, 1.54) is 25.1 Å². The van der Waals surface area contributed by atoms with Crippen LogP contribution in [0.5, 0.6) is 0 Å².